The van der Waals surface area contributed by atoms with Crippen LogP contribution >= 0.6 is 0 Å². The second kappa shape index (κ2) is 7.45. The highest BCUT2D eigenvalue weighted by Crippen LogP contribution is 2.35. The van der Waals surface area contributed by atoms with Crippen molar-refractivity contribution in [2.75, 3.05) is 26.8 Å². The van der Waals surface area contributed by atoms with Gasteiger partial charge in [-0.05, 0) is 12.1 Å². The number of rotatable bonds is 3. The Bertz CT molecular complexity index is 1190. The van der Waals surface area contributed by atoms with Crippen LogP contribution in [0.5, 0.6) is 5.75 Å². The number of hydrogen-bond donors (Lipinski definition) is 1. The molecule has 31 heavy (non-hydrogen) atoms. The van der Waals surface area contributed by atoms with Gasteiger partial charge in [0.1, 0.15) is 29.3 Å². The monoisotopic (exact) mass is 430 g/mol. The van der Waals surface area contributed by atoms with Crippen LogP contribution in [0, 0.1) is 0 Å². The Labute approximate surface area is 175 Å². The molecule has 0 radical (unpaired) electrons. The van der Waals surface area contributed by atoms with E-state index in [0.29, 0.717) is 6.61 Å². The number of H-pyrrole nitrogens is 1. The number of aliphatic imine (C=N–C) groups is 1. The first-order valence-corrected chi connectivity index (χ1v) is 9.74. The molecule has 160 valence electrons. The average Bonchev–Trinajstić information content (AvgIpc) is 3.17. The van der Waals surface area contributed by atoms with Gasteiger partial charge in [0.05, 0.1) is 5.39 Å². The first-order valence-electron chi connectivity index (χ1n) is 9.74. The molecule has 1 atom stereocenters. The Kier molecular flexibility index (Phi) is 4.73. The van der Waals surface area contributed by atoms with E-state index >= 15 is 0 Å². The number of para-hydroxylation sites is 1. The smallest absolute Gasteiger partial charge is 0.431 e. The summed E-state index contributed by atoms with van der Waals surface area (Å²) in [6, 6.07) is 8.67. The molecule has 4 heterocycles. The summed E-state index contributed by atoms with van der Waals surface area (Å²) in [4.78, 5) is 14.8. The minimum absolute atomic E-state index is 0.0942. The maximum atomic E-state index is 13.1. The molecule has 0 aliphatic carbocycles. The van der Waals surface area contributed by atoms with E-state index in [4.69, 9.17) is 9.47 Å². The fraction of sp³-hybridized carbons (Fsp3) is 0.333. The van der Waals surface area contributed by atoms with Gasteiger partial charge in [-0.2, -0.15) is 13.2 Å². The molecule has 1 aromatic carbocycles. The van der Waals surface area contributed by atoms with E-state index < -0.39 is 11.9 Å². The molecular weight excluding hydrogens is 411 g/mol. The van der Waals surface area contributed by atoms with Gasteiger partial charge in [0.2, 0.25) is 5.71 Å². The van der Waals surface area contributed by atoms with Gasteiger partial charge >= 0.3 is 6.18 Å². The summed E-state index contributed by atoms with van der Waals surface area (Å²) in [5, 5.41) is 0.219. The van der Waals surface area contributed by atoms with Crippen molar-refractivity contribution in [3.05, 3.63) is 47.9 Å². The van der Waals surface area contributed by atoms with Crippen molar-refractivity contribution >= 4 is 28.8 Å². The van der Waals surface area contributed by atoms with Gasteiger partial charge in [0, 0.05) is 18.9 Å². The highest BCUT2D eigenvalue weighted by Gasteiger charge is 2.40. The molecule has 2 aromatic heterocycles. The average molecular weight is 430 g/mol. The van der Waals surface area contributed by atoms with E-state index in [9.17, 15) is 13.2 Å². The minimum atomic E-state index is -4.50. The normalized spacial score (nSPS) is 21.3. The third kappa shape index (κ3) is 3.56. The molecule has 2 aliphatic rings. The van der Waals surface area contributed by atoms with Crippen LogP contribution in [-0.2, 0) is 10.9 Å². The van der Waals surface area contributed by atoms with Crippen molar-refractivity contribution in [2.45, 2.75) is 18.2 Å². The molecule has 0 bridgehead atoms. The molecule has 0 saturated carbocycles. The number of methoxy groups -OCH3 is 1. The molecule has 0 spiro atoms. The molecule has 1 fully saturated rings. The quantitative estimate of drug-likeness (QED) is 0.511. The molecule has 1 N–H and O–H groups in total. The lowest BCUT2D eigenvalue weighted by Crippen LogP contribution is -2.51. The number of hydrogen-bond acceptors (Lipinski definition) is 5. The van der Waals surface area contributed by atoms with Crippen LogP contribution in [-0.4, -0.2) is 64.4 Å². The Hall–Kier alpha value is -3.27. The maximum absolute atomic E-state index is 13.1. The molecule has 1 unspecified atom stereocenters. The molecule has 7 nitrogen and oxygen atoms in total. The van der Waals surface area contributed by atoms with Gasteiger partial charge in [-0.15, -0.1) is 0 Å². The summed E-state index contributed by atoms with van der Waals surface area (Å²) < 4.78 is 52.8. The number of halogens is 3. The number of ether oxygens (including phenoxy) is 2. The first-order chi connectivity index (χ1) is 14.9. The fourth-order valence-corrected chi connectivity index (χ4v) is 3.89. The number of alkyl halides is 3. The summed E-state index contributed by atoms with van der Waals surface area (Å²) in [5.41, 5.74) is 1.20. The van der Waals surface area contributed by atoms with Gasteiger partial charge in [-0.25, -0.2) is 19.5 Å². The van der Waals surface area contributed by atoms with Crippen LogP contribution < -0.4 is 4.74 Å². The number of aromatic amines is 1. The molecule has 2 aliphatic heterocycles. The summed E-state index contributed by atoms with van der Waals surface area (Å²) in [7, 11) is 1.69. The van der Waals surface area contributed by atoms with Crippen molar-refractivity contribution in [1.29, 1.82) is 0 Å². The molecule has 1 saturated heterocycles. The lowest BCUT2D eigenvalue weighted by molar-refractivity contribution is -0.610. The standard InChI is InChI=1S/C21H19F3N5O2/c1-30-12-8-29(9-12)16-10-31-17-5-3-2-4-13(17)15(16)7-25-19-14-6-18(21(22,23)24)28-20(14)27-11-26-19/h2-7,11-12,15H,8-10H2,1H3,(H,26,27,28)/q+1. The Balaban J connectivity index is 1.55. The second-order valence-corrected chi connectivity index (χ2v) is 7.48. The molecule has 3 aromatic rings. The van der Waals surface area contributed by atoms with Crippen LogP contribution in [0.25, 0.3) is 11.0 Å². The number of fused-ring (bicyclic) bond motifs is 2. The minimum Gasteiger partial charge on any atom is -0.483 e. The summed E-state index contributed by atoms with van der Waals surface area (Å²) in [6.45, 7) is 1.92. The zero-order valence-electron chi connectivity index (χ0n) is 16.6. The van der Waals surface area contributed by atoms with Crippen LogP contribution in [0.2, 0.25) is 0 Å². The van der Waals surface area contributed by atoms with Crippen LogP contribution in [0.4, 0.5) is 19.0 Å². The van der Waals surface area contributed by atoms with Gasteiger partial charge in [0.15, 0.2) is 31.6 Å². The largest absolute Gasteiger partial charge is 0.483 e. The Morgan fingerprint density at radius 3 is 2.84 bits per heavy atom. The van der Waals surface area contributed by atoms with Gasteiger partial charge in [-0.1, -0.05) is 18.2 Å². The van der Waals surface area contributed by atoms with Gasteiger partial charge in [-0.3, -0.25) is 0 Å². The maximum Gasteiger partial charge on any atom is 0.431 e. The molecule has 10 heteroatoms. The number of aromatic nitrogens is 3. The number of benzene rings is 1. The van der Waals surface area contributed by atoms with Crippen molar-refractivity contribution in [2.24, 2.45) is 4.99 Å². The van der Waals surface area contributed by atoms with Crippen molar-refractivity contribution in [1.82, 2.24) is 15.0 Å². The lowest BCUT2D eigenvalue weighted by Gasteiger charge is -2.29. The van der Waals surface area contributed by atoms with Crippen LogP contribution in [0.15, 0.2) is 41.7 Å². The van der Waals surface area contributed by atoms with Gasteiger partial charge < -0.3 is 14.5 Å². The summed E-state index contributed by atoms with van der Waals surface area (Å²) >= 11 is 0. The van der Waals surface area contributed by atoms with Crippen molar-refractivity contribution in [3.8, 4) is 5.75 Å². The van der Waals surface area contributed by atoms with Crippen LogP contribution in [0.1, 0.15) is 17.2 Å². The third-order valence-electron chi connectivity index (χ3n) is 5.63. The third-order valence-corrected chi connectivity index (χ3v) is 5.63. The lowest BCUT2D eigenvalue weighted by atomic mass is 9.91. The highest BCUT2D eigenvalue weighted by atomic mass is 19.4. The van der Waals surface area contributed by atoms with E-state index in [0.717, 1.165) is 36.2 Å². The zero-order chi connectivity index (χ0) is 21.6. The first kappa shape index (κ1) is 19.7. The Morgan fingerprint density at radius 1 is 1.26 bits per heavy atom. The van der Waals surface area contributed by atoms with Gasteiger partial charge in [0.25, 0.3) is 0 Å². The van der Waals surface area contributed by atoms with E-state index in [-0.39, 0.29) is 28.9 Å². The SMILES string of the molecule is COC1C[N+](=C2COc3ccccc3C2C=Nc2ncnc3[nH]c(C(F)(F)F)cc23)C1. The van der Waals surface area contributed by atoms with E-state index in [1.807, 2.05) is 24.3 Å². The van der Waals surface area contributed by atoms with Crippen molar-refractivity contribution < 1.29 is 27.2 Å². The topological polar surface area (TPSA) is 75.4 Å². The summed E-state index contributed by atoms with van der Waals surface area (Å²) in [6.07, 6.45) is -1.41. The molecular formula is C21H19F3N5O2+. The number of nitrogens with one attached hydrogen (secondary N) is 1. The van der Waals surface area contributed by atoms with E-state index in [1.165, 1.54) is 6.33 Å². The molecule has 0 amide bonds. The predicted octanol–water partition coefficient (Wildman–Crippen LogP) is 3.34. The van der Waals surface area contributed by atoms with E-state index in [1.54, 1.807) is 13.3 Å². The molecule has 5 rings (SSSR count). The van der Waals surface area contributed by atoms with Crippen LogP contribution in [0.3, 0.4) is 0 Å². The van der Waals surface area contributed by atoms with E-state index in [2.05, 4.69) is 24.5 Å². The zero-order valence-corrected chi connectivity index (χ0v) is 16.6. The second-order valence-electron chi connectivity index (χ2n) is 7.48. The fourth-order valence-electron chi connectivity index (χ4n) is 3.89. The predicted molar refractivity (Wildman–Crippen MR) is 108 cm³/mol. The summed E-state index contributed by atoms with van der Waals surface area (Å²) in [5.74, 6) is 0.757. The Morgan fingerprint density at radius 2 is 2.06 bits per heavy atom. The van der Waals surface area contributed by atoms with Crippen molar-refractivity contribution in [3.63, 3.8) is 0 Å². The highest BCUT2D eigenvalue weighted by molar-refractivity contribution is 6.04. The number of nitrogens with zero attached hydrogens (tertiary/aromatic N) is 4.